The van der Waals surface area contributed by atoms with Crippen LogP contribution in [0, 0.1) is 21.4 Å². The summed E-state index contributed by atoms with van der Waals surface area (Å²) in [6.45, 7) is 6.92. The third kappa shape index (κ3) is 8.62. The quantitative estimate of drug-likeness (QED) is 0.0762. The summed E-state index contributed by atoms with van der Waals surface area (Å²) in [7, 11) is -4.54. The highest BCUT2D eigenvalue weighted by Gasteiger charge is 2.50. The van der Waals surface area contributed by atoms with Gasteiger partial charge in [-0.3, -0.25) is 19.8 Å². The van der Waals surface area contributed by atoms with Crippen molar-refractivity contribution in [1.29, 1.82) is 0 Å². The summed E-state index contributed by atoms with van der Waals surface area (Å²) >= 11 is 0. The number of piperidine rings is 1. The largest absolute Gasteiger partial charge is 0.455 e. The lowest BCUT2D eigenvalue weighted by molar-refractivity contribution is -0.384. The topological polar surface area (TPSA) is 175 Å². The van der Waals surface area contributed by atoms with Gasteiger partial charge in [-0.05, 0) is 130 Å². The van der Waals surface area contributed by atoms with E-state index >= 15 is 0 Å². The zero-order chi connectivity index (χ0) is 43.8. The number of amides is 1. The van der Waals surface area contributed by atoms with E-state index in [1.165, 1.54) is 61.9 Å². The lowest BCUT2D eigenvalue weighted by Gasteiger charge is -2.56. The van der Waals surface area contributed by atoms with Crippen molar-refractivity contribution in [3.63, 3.8) is 0 Å². The molecule has 2 aromatic heterocycles. The van der Waals surface area contributed by atoms with E-state index in [0.717, 1.165) is 75.5 Å². The van der Waals surface area contributed by atoms with E-state index in [4.69, 9.17) is 9.47 Å². The summed E-state index contributed by atoms with van der Waals surface area (Å²) in [4.78, 5) is 40.3. The first-order chi connectivity index (χ1) is 31.1. The number of nitrogens with zero attached hydrogens (tertiary/aromatic N) is 5. The molecule has 1 atom stereocenters. The SMILES string of the molecule is O=C(NS(=O)(=O)c1ccc(NCC2CCOCC2)c([N+](=O)[O-])c1)c1ccc(N2CCC3(CC2)CC(N2CCC[C@H]2c2ccccc2N2CCCC2)C3)cc1Oc1cnc2[nH]ccc2c1. The van der Waals surface area contributed by atoms with Gasteiger partial charge in [0.25, 0.3) is 21.6 Å². The molecule has 4 saturated heterocycles. The average molecular weight is 889 g/mol. The Morgan fingerprint density at radius 1 is 0.922 bits per heavy atom. The van der Waals surface area contributed by atoms with Gasteiger partial charge in [-0.25, -0.2) is 18.1 Å². The van der Waals surface area contributed by atoms with Crippen LogP contribution in [0.15, 0.2) is 90.1 Å². The number of nitro benzene ring substituents is 1. The van der Waals surface area contributed by atoms with Crippen LogP contribution in [0.1, 0.15) is 86.2 Å². The lowest BCUT2D eigenvalue weighted by Crippen LogP contribution is -2.55. The van der Waals surface area contributed by atoms with E-state index in [0.29, 0.717) is 48.7 Å². The van der Waals surface area contributed by atoms with Crippen molar-refractivity contribution in [2.75, 3.05) is 67.6 Å². The molecular weight excluding hydrogens is 833 g/mol. The first-order valence-electron chi connectivity index (χ1n) is 22.9. The summed E-state index contributed by atoms with van der Waals surface area (Å²) in [6.07, 6.45) is 14.5. The Labute approximate surface area is 373 Å². The zero-order valence-electron chi connectivity index (χ0n) is 36.0. The van der Waals surface area contributed by atoms with Crippen molar-refractivity contribution in [1.82, 2.24) is 19.6 Å². The molecule has 1 spiro atoms. The number of sulfonamides is 1. The molecule has 15 nitrogen and oxygen atoms in total. The third-order valence-electron chi connectivity index (χ3n) is 14.5. The molecule has 0 bridgehead atoms. The standard InChI is InChI=1S/C48H56N8O7S/c57-47(52-64(60,61)38-10-12-41(44(28-38)56(58)59)50-31-33-14-24-62-25-15-33)40-11-9-35(27-45(40)63-37-26-34-13-18-49-46(34)51-32-37)53-22-16-48(17-23-53)29-36(30-48)55-21-5-8-43(55)39-6-1-2-7-42(39)54-19-3-4-20-54/h1-2,6-7,9-13,18,26-28,32-33,36,43,50H,3-5,8,14-17,19-25,29-31H2,(H,49,51)(H,52,57)/t43-/m0/s1. The zero-order valence-corrected chi connectivity index (χ0v) is 36.9. The molecule has 64 heavy (non-hydrogen) atoms. The second-order valence-electron chi connectivity index (χ2n) is 18.4. The van der Waals surface area contributed by atoms with E-state index in [1.807, 2.05) is 12.1 Å². The van der Waals surface area contributed by atoms with Crippen LogP contribution in [-0.2, 0) is 14.8 Å². The number of nitro groups is 1. The number of fused-ring (bicyclic) bond motifs is 1. The predicted octanol–water partition coefficient (Wildman–Crippen LogP) is 8.41. The summed E-state index contributed by atoms with van der Waals surface area (Å²) in [6, 6.07) is 22.6. The van der Waals surface area contributed by atoms with Crippen molar-refractivity contribution in [2.45, 2.75) is 81.2 Å². The molecule has 0 radical (unpaired) electrons. The summed E-state index contributed by atoms with van der Waals surface area (Å²) in [5.41, 5.74) is 4.58. The third-order valence-corrected chi connectivity index (χ3v) is 15.8. The maximum atomic E-state index is 14.0. The number of para-hydroxylation sites is 1. The number of aromatic nitrogens is 2. The van der Waals surface area contributed by atoms with Crippen LogP contribution >= 0.6 is 0 Å². The number of nitrogens with one attached hydrogen (secondary N) is 3. The minimum Gasteiger partial charge on any atom is -0.455 e. The summed E-state index contributed by atoms with van der Waals surface area (Å²) in [5.74, 6) is -0.104. The highest BCUT2D eigenvalue weighted by molar-refractivity contribution is 7.90. The van der Waals surface area contributed by atoms with Gasteiger partial charge in [0.2, 0.25) is 0 Å². The lowest BCUT2D eigenvalue weighted by atomic mass is 9.59. The van der Waals surface area contributed by atoms with Gasteiger partial charge >= 0.3 is 0 Å². The molecule has 0 unspecified atom stereocenters. The number of hydrogen-bond acceptors (Lipinski definition) is 12. The van der Waals surface area contributed by atoms with Crippen LogP contribution in [0.25, 0.3) is 11.0 Å². The molecule has 4 aliphatic heterocycles. The molecular formula is C48H56N8O7S. The van der Waals surface area contributed by atoms with Crippen molar-refractivity contribution in [3.8, 4) is 11.5 Å². The molecule has 16 heteroatoms. The van der Waals surface area contributed by atoms with Gasteiger partial charge < -0.3 is 29.6 Å². The number of H-pyrrole nitrogens is 1. The Morgan fingerprint density at radius 2 is 1.72 bits per heavy atom. The molecule has 336 valence electrons. The van der Waals surface area contributed by atoms with E-state index in [1.54, 1.807) is 30.6 Å². The van der Waals surface area contributed by atoms with Crippen LogP contribution in [-0.4, -0.2) is 92.6 Å². The molecule has 3 N–H and O–H groups in total. The molecule has 5 aromatic rings. The van der Waals surface area contributed by atoms with Crippen LogP contribution in [0.4, 0.5) is 22.7 Å². The van der Waals surface area contributed by atoms with Crippen LogP contribution < -0.4 is 24.6 Å². The van der Waals surface area contributed by atoms with E-state index in [9.17, 15) is 23.3 Å². The maximum Gasteiger partial charge on any atom is 0.293 e. The van der Waals surface area contributed by atoms with Crippen LogP contribution in [0.2, 0.25) is 0 Å². The maximum absolute atomic E-state index is 14.0. The molecule has 1 amide bonds. The Kier molecular flexibility index (Phi) is 11.7. The first kappa shape index (κ1) is 42.3. The number of rotatable bonds is 13. The van der Waals surface area contributed by atoms with Crippen molar-refractivity contribution in [2.24, 2.45) is 11.3 Å². The molecule has 5 aliphatic rings. The molecule has 1 saturated carbocycles. The normalized spacial score (nSPS) is 20.7. The number of aromatic amines is 1. The molecule has 5 fully saturated rings. The highest BCUT2D eigenvalue weighted by Crippen LogP contribution is 2.54. The van der Waals surface area contributed by atoms with Gasteiger partial charge in [0.15, 0.2) is 0 Å². The number of carbonyl (C=O) groups excluding carboxylic acids is 1. The average Bonchev–Trinajstić information content (AvgIpc) is 4.11. The van der Waals surface area contributed by atoms with Gasteiger partial charge in [-0.15, -0.1) is 0 Å². The van der Waals surface area contributed by atoms with E-state index < -0.39 is 31.4 Å². The van der Waals surface area contributed by atoms with Crippen LogP contribution in [0.3, 0.4) is 0 Å². The second-order valence-corrected chi connectivity index (χ2v) is 20.1. The van der Waals surface area contributed by atoms with Gasteiger partial charge in [0.1, 0.15) is 22.8 Å². The summed E-state index contributed by atoms with van der Waals surface area (Å²) < 4.78 is 41.4. The predicted molar refractivity (Wildman–Crippen MR) is 246 cm³/mol. The molecule has 10 rings (SSSR count). The monoisotopic (exact) mass is 888 g/mol. The number of benzene rings is 3. The van der Waals surface area contributed by atoms with E-state index in [2.05, 4.69) is 59.0 Å². The van der Waals surface area contributed by atoms with Gasteiger partial charge in [-0.1, -0.05) is 18.2 Å². The minimum atomic E-state index is -4.54. The Morgan fingerprint density at radius 3 is 2.52 bits per heavy atom. The van der Waals surface area contributed by atoms with Gasteiger partial charge in [0, 0.05) is 93.1 Å². The van der Waals surface area contributed by atoms with Gasteiger partial charge in [0.05, 0.1) is 21.6 Å². The molecule has 3 aromatic carbocycles. The van der Waals surface area contributed by atoms with Crippen LogP contribution in [0.5, 0.6) is 11.5 Å². The first-order valence-corrected chi connectivity index (χ1v) is 24.4. The Hall–Kier alpha value is -5.71. The minimum absolute atomic E-state index is 0.00692. The number of anilines is 3. The number of carbonyl (C=O) groups is 1. The second kappa shape index (κ2) is 17.7. The van der Waals surface area contributed by atoms with Crippen molar-refractivity contribution < 1.29 is 27.6 Å². The fraction of sp³-hybridized carbons (Fsp3) is 0.458. The Bertz CT molecular complexity index is 2630. The number of hydrogen-bond donors (Lipinski definition) is 3. The smallest absolute Gasteiger partial charge is 0.293 e. The number of pyridine rings is 1. The summed E-state index contributed by atoms with van der Waals surface area (Å²) in [5, 5.41) is 16.0. The van der Waals surface area contributed by atoms with E-state index in [-0.39, 0.29) is 22.9 Å². The fourth-order valence-electron chi connectivity index (χ4n) is 10.9. The number of ether oxygens (including phenoxy) is 2. The molecule has 6 heterocycles. The van der Waals surface area contributed by atoms with Gasteiger partial charge in [-0.2, -0.15) is 0 Å². The Balaban J connectivity index is 0.836. The fourth-order valence-corrected chi connectivity index (χ4v) is 11.9. The number of likely N-dealkylation sites (tertiary alicyclic amines) is 1. The van der Waals surface area contributed by atoms with Crippen molar-refractivity contribution >= 4 is 49.7 Å². The molecule has 1 aliphatic carbocycles. The van der Waals surface area contributed by atoms with Crippen molar-refractivity contribution in [3.05, 3.63) is 106 Å². The highest BCUT2D eigenvalue weighted by atomic mass is 32.2.